The molecule has 0 fully saturated rings. The van der Waals surface area contributed by atoms with Gasteiger partial charge in [0.05, 0.1) is 23.2 Å². The van der Waals surface area contributed by atoms with E-state index in [-0.39, 0.29) is 18.7 Å². The van der Waals surface area contributed by atoms with Crippen LogP contribution in [0, 0.1) is 0 Å². The first-order valence-corrected chi connectivity index (χ1v) is 7.19. The minimum atomic E-state index is -0.208. The summed E-state index contributed by atoms with van der Waals surface area (Å²) in [5.41, 5.74) is 1.86. The molecule has 0 saturated carbocycles. The quantitative estimate of drug-likeness (QED) is 0.612. The monoisotopic (exact) mass is 307 g/mol. The standard InChI is InChI=1S/C16H13N5O2/c22-9-8-20-7-6-12-13(15(20)23)14(11-4-2-1-3-5-11)21-16(19-12)17-10-18-21/h1-7,10,22H,8-9H2. The molecule has 0 atom stereocenters. The van der Waals surface area contributed by atoms with Crippen molar-refractivity contribution in [1.29, 1.82) is 0 Å². The fourth-order valence-corrected chi connectivity index (χ4v) is 2.71. The summed E-state index contributed by atoms with van der Waals surface area (Å²) in [6, 6.07) is 11.3. The molecular weight excluding hydrogens is 294 g/mol. The van der Waals surface area contributed by atoms with Gasteiger partial charge >= 0.3 is 0 Å². The van der Waals surface area contributed by atoms with Gasteiger partial charge in [-0.2, -0.15) is 14.6 Å². The second kappa shape index (κ2) is 5.29. The van der Waals surface area contributed by atoms with E-state index in [1.54, 1.807) is 16.8 Å². The zero-order valence-corrected chi connectivity index (χ0v) is 12.1. The molecule has 114 valence electrons. The molecule has 0 radical (unpaired) electrons. The third-order valence-corrected chi connectivity index (χ3v) is 3.73. The van der Waals surface area contributed by atoms with Crippen LogP contribution in [0.2, 0.25) is 0 Å². The van der Waals surface area contributed by atoms with Gasteiger partial charge in [0.1, 0.15) is 6.33 Å². The molecule has 4 rings (SSSR count). The number of aromatic nitrogens is 5. The lowest BCUT2D eigenvalue weighted by molar-refractivity contribution is 0.274. The van der Waals surface area contributed by atoms with Crippen LogP contribution in [-0.2, 0) is 6.54 Å². The first kappa shape index (κ1) is 13.6. The highest BCUT2D eigenvalue weighted by atomic mass is 16.3. The zero-order chi connectivity index (χ0) is 15.8. The van der Waals surface area contributed by atoms with Crippen molar-refractivity contribution in [3.8, 4) is 11.3 Å². The molecule has 7 heteroatoms. The van der Waals surface area contributed by atoms with Crippen molar-refractivity contribution in [1.82, 2.24) is 24.1 Å². The Labute approximate surface area is 130 Å². The lowest BCUT2D eigenvalue weighted by Crippen LogP contribution is -2.22. The summed E-state index contributed by atoms with van der Waals surface area (Å²) in [4.78, 5) is 21.4. The molecule has 0 unspecified atom stereocenters. The first-order chi connectivity index (χ1) is 11.3. The third-order valence-electron chi connectivity index (χ3n) is 3.73. The minimum Gasteiger partial charge on any atom is -0.395 e. The summed E-state index contributed by atoms with van der Waals surface area (Å²) in [7, 11) is 0. The molecular formula is C16H13N5O2. The van der Waals surface area contributed by atoms with Crippen LogP contribution in [0.1, 0.15) is 0 Å². The number of hydrogen-bond donors (Lipinski definition) is 1. The van der Waals surface area contributed by atoms with Crippen LogP contribution in [0.25, 0.3) is 27.9 Å². The molecule has 0 aliphatic heterocycles. The summed E-state index contributed by atoms with van der Waals surface area (Å²) in [6.07, 6.45) is 3.05. The van der Waals surface area contributed by atoms with Crippen LogP contribution in [0.5, 0.6) is 0 Å². The molecule has 1 aromatic carbocycles. The van der Waals surface area contributed by atoms with Crippen LogP contribution < -0.4 is 5.56 Å². The number of fused-ring (bicyclic) bond motifs is 2. The van der Waals surface area contributed by atoms with E-state index in [9.17, 15) is 4.79 Å². The van der Waals surface area contributed by atoms with Gasteiger partial charge in [0.2, 0.25) is 0 Å². The van der Waals surface area contributed by atoms with Gasteiger partial charge < -0.3 is 9.67 Å². The average molecular weight is 307 g/mol. The number of aliphatic hydroxyl groups excluding tert-OH is 1. The third kappa shape index (κ3) is 2.09. The van der Waals surface area contributed by atoms with Gasteiger partial charge in [-0.05, 0) is 6.07 Å². The number of benzene rings is 1. The molecule has 4 aromatic rings. The molecule has 7 nitrogen and oxygen atoms in total. The van der Waals surface area contributed by atoms with Crippen molar-refractivity contribution in [2.75, 3.05) is 6.61 Å². The zero-order valence-electron chi connectivity index (χ0n) is 12.1. The second-order valence-corrected chi connectivity index (χ2v) is 5.10. The first-order valence-electron chi connectivity index (χ1n) is 7.19. The molecule has 0 aliphatic carbocycles. The van der Waals surface area contributed by atoms with Crippen molar-refractivity contribution >= 4 is 16.7 Å². The number of hydrogen-bond acceptors (Lipinski definition) is 5. The summed E-state index contributed by atoms with van der Waals surface area (Å²) >= 11 is 0. The van der Waals surface area contributed by atoms with Gasteiger partial charge in [-0.3, -0.25) is 4.79 Å². The molecule has 0 bridgehead atoms. The summed E-state index contributed by atoms with van der Waals surface area (Å²) < 4.78 is 3.04. The Hall–Kier alpha value is -3.06. The van der Waals surface area contributed by atoms with E-state index < -0.39 is 0 Å². The number of rotatable bonds is 3. The second-order valence-electron chi connectivity index (χ2n) is 5.10. The smallest absolute Gasteiger partial charge is 0.262 e. The van der Waals surface area contributed by atoms with E-state index in [4.69, 9.17) is 5.11 Å². The Morgan fingerprint density at radius 3 is 2.74 bits per heavy atom. The van der Waals surface area contributed by atoms with E-state index in [1.807, 2.05) is 30.3 Å². The van der Waals surface area contributed by atoms with Gasteiger partial charge in [-0.15, -0.1) is 0 Å². The lowest BCUT2D eigenvalue weighted by atomic mass is 10.1. The molecule has 0 spiro atoms. The van der Waals surface area contributed by atoms with Crippen molar-refractivity contribution < 1.29 is 5.11 Å². The van der Waals surface area contributed by atoms with Crippen LogP contribution in [0.3, 0.4) is 0 Å². The van der Waals surface area contributed by atoms with Crippen LogP contribution in [-0.4, -0.2) is 35.9 Å². The molecule has 3 aromatic heterocycles. The Morgan fingerprint density at radius 1 is 1.13 bits per heavy atom. The summed E-state index contributed by atoms with van der Waals surface area (Å²) in [5.74, 6) is 0.440. The van der Waals surface area contributed by atoms with E-state index in [0.29, 0.717) is 22.4 Å². The van der Waals surface area contributed by atoms with Gasteiger partial charge in [-0.25, -0.2) is 4.98 Å². The fraction of sp³-hybridized carbons (Fsp3) is 0.125. The van der Waals surface area contributed by atoms with Crippen molar-refractivity contribution in [2.24, 2.45) is 0 Å². The Kier molecular flexibility index (Phi) is 3.13. The van der Waals surface area contributed by atoms with Crippen LogP contribution in [0.15, 0.2) is 53.7 Å². The molecule has 0 saturated heterocycles. The van der Waals surface area contributed by atoms with Gasteiger partial charge in [0.15, 0.2) is 0 Å². The molecule has 0 amide bonds. The summed E-state index contributed by atoms with van der Waals surface area (Å²) in [6.45, 7) is 0.128. The molecule has 3 heterocycles. The number of nitrogens with zero attached hydrogens (tertiary/aromatic N) is 5. The largest absolute Gasteiger partial charge is 0.395 e. The average Bonchev–Trinajstić information content (AvgIpc) is 3.04. The van der Waals surface area contributed by atoms with Crippen molar-refractivity contribution in [2.45, 2.75) is 6.54 Å². The Morgan fingerprint density at radius 2 is 1.96 bits per heavy atom. The maximum Gasteiger partial charge on any atom is 0.262 e. The van der Waals surface area contributed by atoms with E-state index >= 15 is 0 Å². The predicted octanol–water partition coefficient (Wildman–Crippen LogP) is 1.10. The highest BCUT2D eigenvalue weighted by molar-refractivity contribution is 5.93. The van der Waals surface area contributed by atoms with Crippen LogP contribution in [0.4, 0.5) is 0 Å². The van der Waals surface area contributed by atoms with Crippen LogP contribution >= 0.6 is 0 Å². The normalized spacial score (nSPS) is 11.3. The van der Waals surface area contributed by atoms with Crippen molar-refractivity contribution in [3.63, 3.8) is 0 Å². The Bertz CT molecular complexity index is 1050. The number of aliphatic hydroxyl groups is 1. The predicted molar refractivity (Wildman–Crippen MR) is 85.1 cm³/mol. The van der Waals surface area contributed by atoms with E-state index in [0.717, 1.165) is 5.56 Å². The lowest BCUT2D eigenvalue weighted by Gasteiger charge is -2.10. The van der Waals surface area contributed by atoms with Gasteiger partial charge in [-0.1, -0.05) is 30.3 Å². The van der Waals surface area contributed by atoms with Gasteiger partial charge in [0.25, 0.3) is 11.3 Å². The van der Waals surface area contributed by atoms with E-state index in [2.05, 4.69) is 15.1 Å². The minimum absolute atomic E-state index is 0.106. The number of pyridine rings is 1. The molecule has 23 heavy (non-hydrogen) atoms. The molecule has 1 N–H and O–H groups in total. The van der Waals surface area contributed by atoms with Crippen molar-refractivity contribution in [3.05, 3.63) is 59.3 Å². The highest BCUT2D eigenvalue weighted by Crippen LogP contribution is 2.25. The van der Waals surface area contributed by atoms with E-state index in [1.165, 1.54) is 10.9 Å². The maximum absolute atomic E-state index is 12.8. The SMILES string of the molecule is O=c1c2c(-c3ccccc3)n3ncnc3nc2ccn1CCO. The fourth-order valence-electron chi connectivity index (χ4n) is 2.71. The Balaban J connectivity index is 2.19. The maximum atomic E-state index is 12.8. The van der Waals surface area contributed by atoms with Gasteiger partial charge in [0, 0.05) is 18.3 Å². The summed E-state index contributed by atoms with van der Waals surface area (Å²) in [5, 5.41) is 13.8. The molecule has 0 aliphatic rings. The topological polar surface area (TPSA) is 85.3 Å². The highest BCUT2D eigenvalue weighted by Gasteiger charge is 2.16.